The maximum Gasteiger partial charge on any atom is 0.224 e. The van der Waals surface area contributed by atoms with Crippen molar-refractivity contribution < 1.29 is 14.3 Å². The number of benzene rings is 1. The summed E-state index contributed by atoms with van der Waals surface area (Å²) < 4.78 is 5.96. The number of hydrogen-bond acceptors (Lipinski definition) is 3. The Bertz CT molecular complexity index is 539. The first-order valence-electron chi connectivity index (χ1n) is 8.94. The van der Waals surface area contributed by atoms with E-state index in [1.807, 2.05) is 24.3 Å². The summed E-state index contributed by atoms with van der Waals surface area (Å²) in [4.78, 5) is 22.7. The van der Waals surface area contributed by atoms with Gasteiger partial charge in [0, 0.05) is 31.6 Å². The number of rotatable bonds is 9. The monoisotopic (exact) mass is 332 g/mol. The second-order valence-corrected chi connectivity index (χ2v) is 6.39. The van der Waals surface area contributed by atoms with Crippen LogP contribution in [0.2, 0.25) is 0 Å². The molecule has 1 aliphatic rings. The fourth-order valence-electron chi connectivity index (χ4n) is 2.92. The van der Waals surface area contributed by atoms with Gasteiger partial charge in [0.15, 0.2) is 0 Å². The standard InChI is InChI=1S/C19H28N2O3/c1-15(22)20-13-6-2-3-12-19(23)21-16-8-7-11-18(14-16)24-17-9-4-5-10-17/h7-8,11,14,17H,2-6,9-10,12-13H2,1H3,(H,20,22)(H,21,23). The fourth-order valence-corrected chi connectivity index (χ4v) is 2.92. The highest BCUT2D eigenvalue weighted by Crippen LogP contribution is 2.25. The molecule has 2 N–H and O–H groups in total. The van der Waals surface area contributed by atoms with Gasteiger partial charge in [-0.1, -0.05) is 12.5 Å². The first-order chi connectivity index (χ1) is 11.6. The van der Waals surface area contributed by atoms with E-state index in [1.165, 1.54) is 19.8 Å². The SMILES string of the molecule is CC(=O)NCCCCCC(=O)Nc1cccc(OC2CCCC2)c1. The average molecular weight is 332 g/mol. The molecule has 132 valence electrons. The van der Waals surface area contributed by atoms with Crippen LogP contribution in [0.1, 0.15) is 58.3 Å². The van der Waals surface area contributed by atoms with Crippen LogP contribution in [0.25, 0.3) is 0 Å². The molecule has 5 heteroatoms. The Morgan fingerprint density at radius 3 is 2.71 bits per heavy atom. The van der Waals surface area contributed by atoms with Gasteiger partial charge in [0.25, 0.3) is 0 Å². The van der Waals surface area contributed by atoms with Crippen LogP contribution in [0.3, 0.4) is 0 Å². The van der Waals surface area contributed by atoms with Crippen molar-refractivity contribution in [2.45, 2.75) is 64.4 Å². The number of ether oxygens (including phenoxy) is 1. The number of carbonyl (C=O) groups is 2. The molecule has 24 heavy (non-hydrogen) atoms. The van der Waals surface area contributed by atoms with Crippen LogP contribution in [-0.2, 0) is 9.59 Å². The lowest BCUT2D eigenvalue weighted by Crippen LogP contribution is -2.20. The maximum absolute atomic E-state index is 12.0. The van der Waals surface area contributed by atoms with Crippen molar-refractivity contribution in [2.75, 3.05) is 11.9 Å². The number of anilines is 1. The largest absolute Gasteiger partial charge is 0.490 e. The molecule has 1 aromatic carbocycles. The molecule has 0 bridgehead atoms. The van der Waals surface area contributed by atoms with Crippen LogP contribution in [-0.4, -0.2) is 24.5 Å². The predicted molar refractivity (Wildman–Crippen MR) is 95.1 cm³/mol. The van der Waals surface area contributed by atoms with Crippen molar-refractivity contribution in [3.63, 3.8) is 0 Å². The second kappa shape index (κ2) is 9.96. The van der Waals surface area contributed by atoms with Crippen LogP contribution >= 0.6 is 0 Å². The van der Waals surface area contributed by atoms with Crippen molar-refractivity contribution in [2.24, 2.45) is 0 Å². The Balaban J connectivity index is 1.66. The molecule has 0 spiro atoms. The normalized spacial score (nSPS) is 14.4. The summed E-state index contributed by atoms with van der Waals surface area (Å²) >= 11 is 0. The molecular weight excluding hydrogens is 304 g/mol. The Morgan fingerprint density at radius 2 is 1.96 bits per heavy atom. The summed E-state index contributed by atoms with van der Waals surface area (Å²) in [5.41, 5.74) is 0.786. The summed E-state index contributed by atoms with van der Waals surface area (Å²) in [7, 11) is 0. The number of hydrogen-bond donors (Lipinski definition) is 2. The van der Waals surface area contributed by atoms with Crippen molar-refractivity contribution in [3.05, 3.63) is 24.3 Å². The van der Waals surface area contributed by atoms with Crippen LogP contribution in [0.15, 0.2) is 24.3 Å². The molecule has 1 aromatic rings. The quantitative estimate of drug-likeness (QED) is 0.678. The Labute approximate surface area is 144 Å². The van der Waals surface area contributed by atoms with Crippen molar-refractivity contribution in [1.82, 2.24) is 5.32 Å². The second-order valence-electron chi connectivity index (χ2n) is 6.39. The first kappa shape index (κ1) is 18.3. The average Bonchev–Trinajstić information content (AvgIpc) is 3.03. The third kappa shape index (κ3) is 7.02. The maximum atomic E-state index is 12.0. The lowest BCUT2D eigenvalue weighted by atomic mass is 10.2. The Kier molecular flexibility index (Phi) is 7.59. The zero-order valence-electron chi connectivity index (χ0n) is 14.5. The molecule has 1 aliphatic carbocycles. The van der Waals surface area contributed by atoms with Crippen LogP contribution in [0.4, 0.5) is 5.69 Å². The molecule has 0 aliphatic heterocycles. The van der Waals surface area contributed by atoms with Gasteiger partial charge in [-0.25, -0.2) is 0 Å². The van der Waals surface area contributed by atoms with E-state index < -0.39 is 0 Å². The molecule has 5 nitrogen and oxygen atoms in total. The van der Waals surface area contributed by atoms with E-state index in [-0.39, 0.29) is 11.8 Å². The molecule has 0 saturated heterocycles. The van der Waals surface area contributed by atoms with Gasteiger partial charge in [0.2, 0.25) is 11.8 Å². The number of carbonyl (C=O) groups excluding carboxylic acids is 2. The number of unbranched alkanes of at least 4 members (excludes halogenated alkanes) is 2. The highest BCUT2D eigenvalue weighted by molar-refractivity contribution is 5.90. The van der Waals surface area contributed by atoms with E-state index in [2.05, 4.69) is 10.6 Å². The van der Waals surface area contributed by atoms with E-state index in [1.54, 1.807) is 0 Å². The zero-order chi connectivity index (χ0) is 17.2. The van der Waals surface area contributed by atoms with E-state index in [9.17, 15) is 9.59 Å². The van der Waals surface area contributed by atoms with Gasteiger partial charge >= 0.3 is 0 Å². The van der Waals surface area contributed by atoms with Crippen molar-refractivity contribution >= 4 is 17.5 Å². The molecule has 2 rings (SSSR count). The summed E-state index contributed by atoms with van der Waals surface area (Å²) in [6.07, 6.45) is 8.18. The number of nitrogens with one attached hydrogen (secondary N) is 2. The van der Waals surface area contributed by atoms with Gasteiger partial charge in [-0.3, -0.25) is 9.59 Å². The van der Waals surface area contributed by atoms with E-state index in [0.29, 0.717) is 19.1 Å². The minimum atomic E-state index is -0.00699. The van der Waals surface area contributed by atoms with Gasteiger partial charge in [0.1, 0.15) is 5.75 Å². The smallest absolute Gasteiger partial charge is 0.224 e. The molecule has 0 atom stereocenters. The molecule has 0 unspecified atom stereocenters. The highest BCUT2D eigenvalue weighted by atomic mass is 16.5. The van der Waals surface area contributed by atoms with E-state index in [4.69, 9.17) is 4.74 Å². The van der Waals surface area contributed by atoms with Crippen LogP contribution < -0.4 is 15.4 Å². The molecule has 0 aromatic heterocycles. The lowest BCUT2D eigenvalue weighted by molar-refractivity contribution is -0.119. The van der Waals surface area contributed by atoms with Gasteiger partial charge in [-0.05, 0) is 50.7 Å². The number of amides is 2. The molecule has 1 saturated carbocycles. The Hall–Kier alpha value is -2.04. The highest BCUT2D eigenvalue weighted by Gasteiger charge is 2.16. The van der Waals surface area contributed by atoms with Gasteiger partial charge in [-0.2, -0.15) is 0 Å². The molecule has 2 amide bonds. The van der Waals surface area contributed by atoms with Crippen molar-refractivity contribution in [3.8, 4) is 5.75 Å². The first-order valence-corrected chi connectivity index (χ1v) is 8.94. The Morgan fingerprint density at radius 1 is 1.17 bits per heavy atom. The third-order valence-corrected chi connectivity index (χ3v) is 4.18. The zero-order valence-corrected chi connectivity index (χ0v) is 14.5. The third-order valence-electron chi connectivity index (χ3n) is 4.18. The van der Waals surface area contributed by atoms with Gasteiger partial charge in [0.05, 0.1) is 6.10 Å². The summed E-state index contributed by atoms with van der Waals surface area (Å²) in [5.74, 6) is 0.843. The van der Waals surface area contributed by atoms with E-state index >= 15 is 0 Å². The summed E-state index contributed by atoms with van der Waals surface area (Å²) in [6, 6.07) is 7.63. The van der Waals surface area contributed by atoms with E-state index in [0.717, 1.165) is 43.5 Å². The summed E-state index contributed by atoms with van der Waals surface area (Å²) in [5, 5.41) is 5.68. The molecule has 1 fully saturated rings. The minimum absolute atomic E-state index is 0.00699. The fraction of sp³-hybridized carbons (Fsp3) is 0.579. The topological polar surface area (TPSA) is 67.4 Å². The minimum Gasteiger partial charge on any atom is -0.490 e. The molecule has 0 radical (unpaired) electrons. The van der Waals surface area contributed by atoms with Crippen LogP contribution in [0.5, 0.6) is 5.75 Å². The van der Waals surface area contributed by atoms with Crippen molar-refractivity contribution in [1.29, 1.82) is 0 Å². The van der Waals surface area contributed by atoms with Crippen LogP contribution in [0, 0.1) is 0 Å². The molecular formula is C19H28N2O3. The molecule has 0 heterocycles. The predicted octanol–water partition coefficient (Wildman–Crippen LogP) is 3.64. The van der Waals surface area contributed by atoms with Gasteiger partial charge in [-0.15, -0.1) is 0 Å². The summed E-state index contributed by atoms with van der Waals surface area (Å²) in [6.45, 7) is 2.19. The van der Waals surface area contributed by atoms with Gasteiger partial charge < -0.3 is 15.4 Å². The lowest BCUT2D eigenvalue weighted by Gasteiger charge is -2.14.